The highest BCUT2D eigenvalue weighted by Crippen LogP contribution is 2.43. The zero-order valence-electron chi connectivity index (χ0n) is 21.5. The maximum Gasteiger partial charge on any atom is 0.360 e. The zero-order chi connectivity index (χ0) is 30.0. The van der Waals surface area contributed by atoms with Gasteiger partial charge in [-0.1, -0.05) is 11.6 Å². The molecule has 0 saturated heterocycles. The second kappa shape index (κ2) is 10.3. The molecule has 1 aliphatic rings. The van der Waals surface area contributed by atoms with Gasteiger partial charge in [0.25, 0.3) is 0 Å². The first kappa shape index (κ1) is 28.8. The molecule has 0 bridgehead atoms. The van der Waals surface area contributed by atoms with Crippen molar-refractivity contribution in [3.05, 3.63) is 91.2 Å². The molecular weight excluding hydrogens is 597 g/mol. The van der Waals surface area contributed by atoms with E-state index < -0.39 is 67.0 Å². The lowest BCUT2D eigenvalue weighted by Crippen LogP contribution is -2.18. The molecule has 0 unspecified atom stereocenters. The van der Waals surface area contributed by atoms with E-state index in [1.165, 1.54) is 6.92 Å². The summed E-state index contributed by atoms with van der Waals surface area (Å²) < 4.78 is 111. The van der Waals surface area contributed by atoms with Crippen LogP contribution < -0.4 is 14.3 Å². The van der Waals surface area contributed by atoms with Gasteiger partial charge in [0.15, 0.2) is 11.2 Å². The Morgan fingerprint density at radius 2 is 1.61 bits per heavy atom. The lowest BCUT2D eigenvalue weighted by molar-refractivity contribution is 0.218. The quantitative estimate of drug-likeness (QED) is 0.0731. The number of hydrogen-bond acceptors (Lipinski definition) is 7. The summed E-state index contributed by atoms with van der Waals surface area (Å²) in [5.41, 5.74) is 1.54. The Kier molecular flexibility index (Phi) is 7.23. The fraction of sp³-hybridized carbons (Fsp3) is 0.259. The van der Waals surface area contributed by atoms with E-state index in [1.807, 2.05) is 0 Å². The van der Waals surface area contributed by atoms with E-state index in [2.05, 4.69) is 9.17 Å². The lowest BCUT2D eigenvalue weighted by atomic mass is 10.0. The van der Waals surface area contributed by atoms with Gasteiger partial charge in [-0.15, -0.1) is 0 Å². The van der Waals surface area contributed by atoms with Gasteiger partial charge in [0, 0.05) is 17.0 Å². The van der Waals surface area contributed by atoms with Crippen molar-refractivity contribution in [1.82, 2.24) is 4.98 Å². The van der Waals surface area contributed by atoms with Crippen molar-refractivity contribution in [3.63, 3.8) is 0 Å². The van der Waals surface area contributed by atoms with Gasteiger partial charge in [-0.05, 0) is 63.4 Å². The van der Waals surface area contributed by atoms with E-state index in [4.69, 9.17) is 20.8 Å². The van der Waals surface area contributed by atoms with Crippen LogP contribution in [0.25, 0.3) is 11.0 Å². The summed E-state index contributed by atoms with van der Waals surface area (Å²) in [5.74, 6) is -14.3. The molecule has 1 atom stereocenters. The fourth-order valence-electron chi connectivity index (χ4n) is 4.36. The number of hydrogen-bond donors (Lipinski definition) is 0. The molecular formula is C27H19ClF5NO6S. The molecule has 2 aromatic heterocycles. The minimum atomic E-state index is -5.39. The first-order chi connectivity index (χ1) is 19.2. The van der Waals surface area contributed by atoms with Gasteiger partial charge in [0.1, 0.15) is 22.6 Å². The third-order valence-corrected chi connectivity index (χ3v) is 7.87. The Bertz CT molecular complexity index is 1880. The second-order valence-electron chi connectivity index (χ2n) is 9.56. The average molecular weight is 616 g/mol. The summed E-state index contributed by atoms with van der Waals surface area (Å²) >= 11 is 5.84. The highest BCUT2D eigenvalue weighted by atomic mass is 35.5. The maximum atomic E-state index is 14.2. The molecule has 0 aliphatic heterocycles. The Balaban J connectivity index is 1.58. The SMILES string of the molecule is Cc1cc([C@@H](C)Oc2ccc(Cl)nc2S(=O)(=O)Oc2c(F)c(F)c(F)c(F)c2F)c2oc(C3CC3)c(C)c(=O)c2c1. The molecule has 0 radical (unpaired) electrons. The number of fused-ring (bicyclic) bond motifs is 1. The largest absolute Gasteiger partial charge is 0.483 e. The summed E-state index contributed by atoms with van der Waals surface area (Å²) in [6, 6.07) is 5.53. The molecule has 0 N–H and O–H groups in total. The van der Waals surface area contributed by atoms with Crippen LogP contribution >= 0.6 is 11.6 Å². The molecule has 1 aliphatic carbocycles. The van der Waals surface area contributed by atoms with E-state index in [1.54, 1.807) is 26.0 Å². The van der Waals surface area contributed by atoms with Crippen LogP contribution in [-0.4, -0.2) is 13.4 Å². The van der Waals surface area contributed by atoms with Crippen LogP contribution in [0.4, 0.5) is 22.0 Å². The Morgan fingerprint density at radius 3 is 2.22 bits per heavy atom. The van der Waals surface area contributed by atoms with E-state index in [0.717, 1.165) is 25.0 Å². The molecule has 7 nitrogen and oxygen atoms in total. The standard InChI is InChI=1S/C27H19ClF5NO6S/c1-10-8-14(25-15(9-10)23(35)11(2)24(39-25)13-4-5-13)12(3)38-16-6-7-17(28)34-27(16)41(36,37)40-26-21(32)19(30)18(29)20(31)22(26)33/h6-9,12-13H,4-5H2,1-3H3/t12-/m1/s1. The Labute approximate surface area is 234 Å². The predicted molar refractivity (Wildman–Crippen MR) is 136 cm³/mol. The summed E-state index contributed by atoms with van der Waals surface area (Å²) in [6.07, 6.45) is 0.716. The molecule has 41 heavy (non-hydrogen) atoms. The predicted octanol–water partition coefficient (Wildman–Crippen LogP) is 6.94. The average Bonchev–Trinajstić information content (AvgIpc) is 3.77. The fourth-order valence-corrected chi connectivity index (χ4v) is 5.57. The number of ether oxygens (including phenoxy) is 1. The van der Waals surface area contributed by atoms with Gasteiger partial charge < -0.3 is 13.3 Å². The summed E-state index contributed by atoms with van der Waals surface area (Å²) in [5, 5.41) is -1.23. The molecule has 14 heteroatoms. The minimum absolute atomic E-state index is 0.105. The van der Waals surface area contributed by atoms with E-state index in [9.17, 15) is 35.2 Å². The molecule has 0 amide bonds. The molecule has 5 rings (SSSR count). The van der Waals surface area contributed by atoms with Gasteiger partial charge in [0.05, 0.1) is 5.39 Å². The normalized spacial score (nSPS) is 14.4. The van der Waals surface area contributed by atoms with Gasteiger partial charge in [0.2, 0.25) is 39.9 Å². The third-order valence-electron chi connectivity index (χ3n) is 6.51. The monoisotopic (exact) mass is 615 g/mol. The van der Waals surface area contributed by atoms with Crippen molar-refractivity contribution >= 4 is 32.7 Å². The van der Waals surface area contributed by atoms with Crippen molar-refractivity contribution in [1.29, 1.82) is 0 Å². The van der Waals surface area contributed by atoms with E-state index in [0.29, 0.717) is 22.5 Å². The van der Waals surface area contributed by atoms with Crippen LogP contribution in [0.3, 0.4) is 0 Å². The smallest absolute Gasteiger partial charge is 0.360 e. The first-order valence-corrected chi connectivity index (χ1v) is 13.9. The van der Waals surface area contributed by atoms with Crippen molar-refractivity contribution < 1.29 is 43.7 Å². The van der Waals surface area contributed by atoms with Gasteiger partial charge in [-0.25, -0.2) is 18.2 Å². The lowest BCUT2D eigenvalue weighted by Gasteiger charge is -2.19. The Morgan fingerprint density at radius 1 is 1.00 bits per heavy atom. The molecule has 4 aromatic rings. The summed E-state index contributed by atoms with van der Waals surface area (Å²) in [7, 11) is -5.39. The molecule has 2 aromatic carbocycles. The molecule has 0 spiro atoms. The van der Waals surface area contributed by atoms with Gasteiger partial charge >= 0.3 is 10.1 Å². The van der Waals surface area contributed by atoms with Crippen LogP contribution in [0.2, 0.25) is 5.15 Å². The third kappa shape index (κ3) is 5.12. The number of halogens is 6. The highest BCUT2D eigenvalue weighted by Gasteiger charge is 2.34. The Hall–Kier alpha value is -3.71. The maximum absolute atomic E-state index is 14.2. The van der Waals surface area contributed by atoms with Crippen LogP contribution in [0.1, 0.15) is 54.2 Å². The van der Waals surface area contributed by atoms with E-state index in [-0.39, 0.29) is 22.3 Å². The van der Waals surface area contributed by atoms with Crippen LogP contribution in [0, 0.1) is 42.9 Å². The molecule has 1 saturated carbocycles. The molecule has 216 valence electrons. The van der Waals surface area contributed by atoms with Crippen molar-refractivity contribution in [2.24, 2.45) is 0 Å². The number of benzene rings is 2. The number of pyridine rings is 1. The van der Waals surface area contributed by atoms with Gasteiger partial charge in [-0.3, -0.25) is 4.79 Å². The molecule has 2 heterocycles. The van der Waals surface area contributed by atoms with Gasteiger partial charge in [-0.2, -0.15) is 17.2 Å². The number of aromatic nitrogens is 1. The number of rotatable bonds is 7. The van der Waals surface area contributed by atoms with Crippen LogP contribution in [0.15, 0.2) is 38.5 Å². The molecule has 1 fully saturated rings. The number of nitrogens with zero attached hydrogens (tertiary/aromatic N) is 1. The van der Waals surface area contributed by atoms with Crippen molar-refractivity contribution in [2.75, 3.05) is 0 Å². The zero-order valence-corrected chi connectivity index (χ0v) is 23.0. The first-order valence-electron chi connectivity index (χ1n) is 12.1. The topological polar surface area (TPSA) is 95.7 Å². The van der Waals surface area contributed by atoms with E-state index >= 15 is 0 Å². The van der Waals surface area contributed by atoms with Crippen molar-refractivity contribution in [2.45, 2.75) is 50.7 Å². The van der Waals surface area contributed by atoms with Crippen LogP contribution in [0.5, 0.6) is 11.5 Å². The second-order valence-corrected chi connectivity index (χ2v) is 11.4. The number of aryl methyl sites for hydroxylation is 1. The minimum Gasteiger partial charge on any atom is -0.483 e. The van der Waals surface area contributed by atoms with Crippen molar-refractivity contribution in [3.8, 4) is 11.5 Å². The summed E-state index contributed by atoms with van der Waals surface area (Å²) in [6.45, 7) is 4.93. The highest BCUT2D eigenvalue weighted by molar-refractivity contribution is 7.87. The summed E-state index contributed by atoms with van der Waals surface area (Å²) in [4.78, 5) is 16.7. The van der Waals surface area contributed by atoms with Crippen LogP contribution in [-0.2, 0) is 10.1 Å².